The van der Waals surface area contributed by atoms with Crippen molar-refractivity contribution in [3.05, 3.63) is 34.8 Å². The molecule has 0 atom stereocenters. The lowest BCUT2D eigenvalue weighted by molar-refractivity contribution is 0.102. The molecule has 0 aliphatic carbocycles. The van der Waals surface area contributed by atoms with Gasteiger partial charge in [0.25, 0.3) is 5.91 Å². The number of nitrogens with zero attached hydrogens (tertiary/aromatic N) is 2. The minimum Gasteiger partial charge on any atom is -0.399 e. The van der Waals surface area contributed by atoms with Gasteiger partial charge in [-0.15, -0.1) is 10.2 Å². The maximum absolute atomic E-state index is 12.1. The number of carbonyl (C=O) groups is 1. The zero-order chi connectivity index (χ0) is 14.5. The van der Waals surface area contributed by atoms with Crippen LogP contribution in [0.4, 0.5) is 10.8 Å². The van der Waals surface area contributed by atoms with Crippen LogP contribution in [0.1, 0.15) is 48.0 Å². The van der Waals surface area contributed by atoms with Crippen molar-refractivity contribution in [2.24, 2.45) is 0 Å². The van der Waals surface area contributed by atoms with Crippen molar-refractivity contribution in [1.29, 1.82) is 0 Å². The summed E-state index contributed by atoms with van der Waals surface area (Å²) in [6, 6.07) is 6.85. The standard InChI is InChI=1S/C14H18N4OS/c1-3-9(4-2)13-17-18-14(20-13)16-12(19)10-6-5-7-11(15)8-10/h5-9H,3-4,15H2,1-2H3,(H,16,18,19). The fraction of sp³-hybridized carbons (Fsp3) is 0.357. The van der Waals surface area contributed by atoms with E-state index < -0.39 is 0 Å². The van der Waals surface area contributed by atoms with Crippen LogP contribution in [0.3, 0.4) is 0 Å². The Bertz CT molecular complexity index is 592. The molecule has 0 unspecified atom stereocenters. The summed E-state index contributed by atoms with van der Waals surface area (Å²) in [7, 11) is 0. The van der Waals surface area contributed by atoms with Gasteiger partial charge in [-0.2, -0.15) is 0 Å². The van der Waals surface area contributed by atoms with Crippen LogP contribution in [0.25, 0.3) is 0 Å². The third-order valence-corrected chi connectivity index (χ3v) is 4.15. The first-order valence-electron chi connectivity index (χ1n) is 6.64. The number of amides is 1. The van der Waals surface area contributed by atoms with E-state index in [2.05, 4.69) is 29.4 Å². The van der Waals surface area contributed by atoms with Gasteiger partial charge in [-0.3, -0.25) is 10.1 Å². The first-order valence-corrected chi connectivity index (χ1v) is 7.46. The van der Waals surface area contributed by atoms with Gasteiger partial charge >= 0.3 is 0 Å². The number of anilines is 2. The fourth-order valence-corrected chi connectivity index (χ4v) is 2.94. The minimum absolute atomic E-state index is 0.218. The molecule has 0 bridgehead atoms. The second kappa shape index (κ2) is 6.47. The number of nitrogens with one attached hydrogen (secondary N) is 1. The highest BCUT2D eigenvalue weighted by molar-refractivity contribution is 7.15. The highest BCUT2D eigenvalue weighted by Gasteiger charge is 2.15. The van der Waals surface area contributed by atoms with Crippen molar-refractivity contribution >= 4 is 28.1 Å². The van der Waals surface area contributed by atoms with Gasteiger partial charge in [0.1, 0.15) is 5.01 Å². The van der Waals surface area contributed by atoms with Gasteiger partial charge in [0.2, 0.25) is 5.13 Å². The largest absolute Gasteiger partial charge is 0.399 e. The monoisotopic (exact) mass is 290 g/mol. The zero-order valence-corrected chi connectivity index (χ0v) is 12.4. The van der Waals surface area contributed by atoms with Gasteiger partial charge in [-0.05, 0) is 31.0 Å². The highest BCUT2D eigenvalue weighted by atomic mass is 32.1. The quantitative estimate of drug-likeness (QED) is 0.828. The van der Waals surface area contributed by atoms with Crippen LogP contribution in [-0.4, -0.2) is 16.1 Å². The molecule has 1 aromatic carbocycles. The summed E-state index contributed by atoms with van der Waals surface area (Å²) in [5.41, 5.74) is 6.74. The minimum atomic E-state index is -0.218. The number of hydrogen-bond donors (Lipinski definition) is 2. The summed E-state index contributed by atoms with van der Waals surface area (Å²) in [6.45, 7) is 4.25. The molecule has 0 fully saturated rings. The number of hydrogen-bond acceptors (Lipinski definition) is 5. The van der Waals surface area contributed by atoms with Gasteiger partial charge in [-0.25, -0.2) is 0 Å². The van der Waals surface area contributed by atoms with Crippen LogP contribution < -0.4 is 11.1 Å². The molecule has 6 heteroatoms. The third kappa shape index (κ3) is 3.33. The number of nitrogens with two attached hydrogens (primary N) is 1. The molecule has 0 saturated carbocycles. The lowest BCUT2D eigenvalue weighted by atomic mass is 10.1. The van der Waals surface area contributed by atoms with Gasteiger partial charge < -0.3 is 5.73 Å². The Morgan fingerprint density at radius 2 is 2.10 bits per heavy atom. The molecule has 3 N–H and O–H groups in total. The van der Waals surface area contributed by atoms with E-state index in [1.54, 1.807) is 24.3 Å². The Balaban J connectivity index is 2.09. The fourth-order valence-electron chi connectivity index (χ4n) is 1.94. The van der Waals surface area contributed by atoms with Crippen LogP contribution in [0.15, 0.2) is 24.3 Å². The maximum atomic E-state index is 12.1. The average molecular weight is 290 g/mol. The van der Waals surface area contributed by atoms with Crippen molar-refractivity contribution < 1.29 is 4.79 Å². The normalized spacial score (nSPS) is 10.8. The highest BCUT2D eigenvalue weighted by Crippen LogP contribution is 2.28. The third-order valence-electron chi connectivity index (χ3n) is 3.14. The molecule has 1 amide bonds. The molecule has 1 aromatic heterocycles. The van der Waals surface area contributed by atoms with Crippen molar-refractivity contribution in [3.63, 3.8) is 0 Å². The van der Waals surface area contributed by atoms with Gasteiger partial charge in [0, 0.05) is 17.2 Å². The zero-order valence-electron chi connectivity index (χ0n) is 11.6. The van der Waals surface area contributed by atoms with Crippen LogP contribution in [0, 0.1) is 0 Å². The second-order valence-electron chi connectivity index (χ2n) is 4.54. The number of nitrogen functional groups attached to an aromatic ring is 1. The summed E-state index contributed by atoms with van der Waals surface area (Å²) in [5.74, 6) is 0.190. The van der Waals surface area contributed by atoms with Crippen molar-refractivity contribution in [1.82, 2.24) is 10.2 Å². The molecule has 106 valence electrons. The van der Waals surface area contributed by atoms with Gasteiger partial charge in [-0.1, -0.05) is 31.3 Å². The first-order chi connectivity index (χ1) is 9.63. The summed E-state index contributed by atoms with van der Waals surface area (Å²) >= 11 is 1.43. The topological polar surface area (TPSA) is 80.9 Å². The molecule has 2 rings (SSSR count). The van der Waals surface area contributed by atoms with Gasteiger partial charge in [0.15, 0.2) is 0 Å². The van der Waals surface area contributed by atoms with Gasteiger partial charge in [0.05, 0.1) is 0 Å². The molecule has 0 spiro atoms. The van der Waals surface area contributed by atoms with Crippen molar-refractivity contribution in [2.45, 2.75) is 32.6 Å². The SMILES string of the molecule is CCC(CC)c1nnc(NC(=O)c2cccc(N)c2)s1. The van der Waals surface area contributed by atoms with E-state index in [4.69, 9.17) is 5.73 Å². The number of benzene rings is 1. The molecule has 2 aromatic rings. The molecule has 0 saturated heterocycles. The average Bonchev–Trinajstić information content (AvgIpc) is 2.88. The number of rotatable bonds is 5. The lowest BCUT2D eigenvalue weighted by Crippen LogP contribution is -2.11. The van der Waals surface area contributed by atoms with E-state index in [9.17, 15) is 4.79 Å². The molecular weight excluding hydrogens is 272 g/mol. The predicted octanol–water partition coefficient (Wildman–Crippen LogP) is 3.28. The van der Waals surface area contributed by atoms with Crippen LogP contribution >= 0.6 is 11.3 Å². The molecule has 1 heterocycles. The lowest BCUT2D eigenvalue weighted by Gasteiger charge is -2.05. The van der Waals surface area contributed by atoms with E-state index >= 15 is 0 Å². The summed E-state index contributed by atoms with van der Waals surface area (Å²) in [5, 5.41) is 12.4. The maximum Gasteiger partial charge on any atom is 0.257 e. The van der Waals surface area contributed by atoms with E-state index in [1.165, 1.54) is 11.3 Å². The molecule has 0 aliphatic heterocycles. The first kappa shape index (κ1) is 14.5. The summed E-state index contributed by atoms with van der Waals surface area (Å²) < 4.78 is 0. The van der Waals surface area contributed by atoms with Crippen LogP contribution in [0.2, 0.25) is 0 Å². The molecule has 0 radical (unpaired) electrons. The van der Waals surface area contributed by atoms with E-state index in [-0.39, 0.29) is 5.91 Å². The van der Waals surface area contributed by atoms with Crippen LogP contribution in [-0.2, 0) is 0 Å². The Hall–Kier alpha value is -1.95. The van der Waals surface area contributed by atoms with E-state index in [0.717, 1.165) is 17.8 Å². The Kier molecular flexibility index (Phi) is 4.68. The second-order valence-corrected chi connectivity index (χ2v) is 5.55. The molecule has 5 nitrogen and oxygen atoms in total. The van der Waals surface area contributed by atoms with Crippen LogP contribution in [0.5, 0.6) is 0 Å². The van der Waals surface area contributed by atoms with Crippen molar-refractivity contribution in [3.8, 4) is 0 Å². The number of carbonyl (C=O) groups excluding carboxylic acids is 1. The molecule has 0 aliphatic rings. The Labute approximate surface area is 122 Å². The Morgan fingerprint density at radius 3 is 2.75 bits per heavy atom. The smallest absolute Gasteiger partial charge is 0.257 e. The van der Waals surface area contributed by atoms with E-state index in [0.29, 0.717) is 22.3 Å². The Morgan fingerprint density at radius 1 is 1.35 bits per heavy atom. The van der Waals surface area contributed by atoms with Crippen molar-refractivity contribution in [2.75, 3.05) is 11.1 Å². The number of aromatic nitrogens is 2. The summed E-state index contributed by atoms with van der Waals surface area (Å²) in [6.07, 6.45) is 2.04. The summed E-state index contributed by atoms with van der Waals surface area (Å²) in [4.78, 5) is 12.1. The predicted molar refractivity (Wildman–Crippen MR) is 82.0 cm³/mol. The molecule has 20 heavy (non-hydrogen) atoms. The van der Waals surface area contributed by atoms with E-state index in [1.807, 2.05) is 0 Å². The molecular formula is C14H18N4OS.